The zero-order chi connectivity index (χ0) is 20.1. The summed E-state index contributed by atoms with van der Waals surface area (Å²) in [6.07, 6.45) is 1.79. The standard InChI is InChI=1S/C18H13Br2NO4.C2H6/c1-9-2-3-15-11(4-9)12(18(24)21-15)5-10-6-13(19)17(14(20)7-10)25-8-16(22)23;1-2/h2-7H,8H2,1H3,(H,21,24)(H,22,23);1-2H3/b12-5-;. The van der Waals surface area contributed by atoms with Crippen molar-refractivity contribution in [3.8, 4) is 5.75 Å². The van der Waals surface area contributed by atoms with Crippen LogP contribution in [-0.4, -0.2) is 23.6 Å². The van der Waals surface area contributed by atoms with Gasteiger partial charge in [0.15, 0.2) is 6.61 Å². The van der Waals surface area contributed by atoms with Gasteiger partial charge in [0, 0.05) is 16.8 Å². The third kappa shape index (κ3) is 4.99. The third-order valence-electron chi connectivity index (χ3n) is 3.63. The maximum atomic E-state index is 12.3. The van der Waals surface area contributed by atoms with Gasteiger partial charge in [-0.2, -0.15) is 0 Å². The molecule has 142 valence electrons. The number of anilines is 1. The van der Waals surface area contributed by atoms with E-state index in [2.05, 4.69) is 37.2 Å². The van der Waals surface area contributed by atoms with Crippen LogP contribution in [0.3, 0.4) is 0 Å². The molecule has 0 saturated carbocycles. The summed E-state index contributed by atoms with van der Waals surface area (Å²) >= 11 is 6.76. The van der Waals surface area contributed by atoms with Crippen LogP contribution in [0.25, 0.3) is 11.6 Å². The second kappa shape index (κ2) is 9.19. The molecule has 1 amide bonds. The van der Waals surface area contributed by atoms with Crippen LogP contribution in [0.15, 0.2) is 39.3 Å². The third-order valence-corrected chi connectivity index (χ3v) is 4.81. The van der Waals surface area contributed by atoms with Crippen LogP contribution in [-0.2, 0) is 9.59 Å². The van der Waals surface area contributed by atoms with Gasteiger partial charge >= 0.3 is 5.97 Å². The minimum atomic E-state index is -1.06. The first-order valence-corrected chi connectivity index (χ1v) is 9.91. The van der Waals surface area contributed by atoms with E-state index in [1.165, 1.54) is 0 Å². The van der Waals surface area contributed by atoms with E-state index in [-0.39, 0.29) is 5.91 Å². The number of carboxylic acid groups (broad SMARTS) is 1. The van der Waals surface area contributed by atoms with Crippen LogP contribution in [0.4, 0.5) is 5.69 Å². The summed E-state index contributed by atoms with van der Waals surface area (Å²) in [7, 11) is 0. The smallest absolute Gasteiger partial charge is 0.341 e. The molecule has 1 heterocycles. The molecule has 2 aromatic carbocycles. The normalized spacial score (nSPS) is 13.5. The van der Waals surface area contributed by atoms with Crippen LogP contribution >= 0.6 is 31.9 Å². The van der Waals surface area contributed by atoms with Gasteiger partial charge in [0.05, 0.1) is 8.95 Å². The Morgan fingerprint density at radius 3 is 2.41 bits per heavy atom. The highest BCUT2D eigenvalue weighted by Gasteiger charge is 2.24. The summed E-state index contributed by atoms with van der Waals surface area (Å²) in [5.41, 5.74) is 4.09. The summed E-state index contributed by atoms with van der Waals surface area (Å²) in [6.45, 7) is 5.54. The predicted octanol–water partition coefficient (Wildman–Crippen LogP) is 5.50. The second-order valence-corrected chi connectivity index (χ2v) is 7.27. The van der Waals surface area contributed by atoms with Crippen LogP contribution in [0.1, 0.15) is 30.5 Å². The Kier molecular flexibility index (Phi) is 7.21. The van der Waals surface area contributed by atoms with E-state index in [0.29, 0.717) is 20.3 Å². The molecule has 0 saturated heterocycles. The lowest BCUT2D eigenvalue weighted by atomic mass is 10.0. The summed E-state index contributed by atoms with van der Waals surface area (Å²) in [5.74, 6) is -0.810. The first-order chi connectivity index (χ1) is 12.8. The SMILES string of the molecule is CC.Cc1ccc2c(c1)/C(=C/c1cc(Br)c(OCC(=O)O)c(Br)c1)C(=O)N2. The van der Waals surface area contributed by atoms with Crippen molar-refractivity contribution in [3.63, 3.8) is 0 Å². The Morgan fingerprint density at radius 1 is 1.19 bits per heavy atom. The van der Waals surface area contributed by atoms with E-state index in [1.54, 1.807) is 18.2 Å². The lowest BCUT2D eigenvalue weighted by Crippen LogP contribution is -2.10. The van der Waals surface area contributed by atoms with E-state index >= 15 is 0 Å². The maximum Gasteiger partial charge on any atom is 0.341 e. The fourth-order valence-corrected chi connectivity index (χ4v) is 4.00. The number of halogens is 2. The average molecular weight is 497 g/mol. The molecular formula is C20H19Br2NO4. The molecule has 0 spiro atoms. The Hall–Kier alpha value is -2.12. The number of carboxylic acids is 1. The number of benzene rings is 2. The van der Waals surface area contributed by atoms with Gasteiger partial charge in [-0.25, -0.2) is 4.79 Å². The van der Waals surface area contributed by atoms with Gasteiger partial charge in [-0.3, -0.25) is 4.79 Å². The fourth-order valence-electron chi connectivity index (χ4n) is 2.55. The molecule has 0 aliphatic carbocycles. The number of ether oxygens (including phenoxy) is 1. The number of carbonyl (C=O) groups excluding carboxylic acids is 1. The molecular weight excluding hydrogens is 478 g/mol. The number of nitrogens with one attached hydrogen (secondary N) is 1. The molecule has 27 heavy (non-hydrogen) atoms. The summed E-state index contributed by atoms with van der Waals surface area (Å²) < 4.78 is 6.44. The molecule has 0 bridgehead atoms. The van der Waals surface area contributed by atoms with Gasteiger partial charge in [-0.15, -0.1) is 0 Å². The minimum Gasteiger partial charge on any atom is -0.480 e. The molecule has 0 radical (unpaired) electrons. The number of hydrogen-bond donors (Lipinski definition) is 2. The number of amides is 1. The molecule has 2 aromatic rings. The van der Waals surface area contributed by atoms with Crippen molar-refractivity contribution < 1.29 is 19.4 Å². The molecule has 3 rings (SSSR count). The number of rotatable bonds is 4. The van der Waals surface area contributed by atoms with E-state index in [9.17, 15) is 9.59 Å². The van der Waals surface area contributed by atoms with Crippen molar-refractivity contribution in [2.24, 2.45) is 0 Å². The van der Waals surface area contributed by atoms with Gasteiger partial charge in [0.1, 0.15) is 5.75 Å². The van der Waals surface area contributed by atoms with Crippen LogP contribution in [0.2, 0.25) is 0 Å². The van der Waals surface area contributed by atoms with Gasteiger partial charge in [0.2, 0.25) is 0 Å². The van der Waals surface area contributed by atoms with Gasteiger partial charge in [0.25, 0.3) is 5.91 Å². The minimum absolute atomic E-state index is 0.154. The molecule has 1 aliphatic rings. The Morgan fingerprint density at radius 2 is 1.81 bits per heavy atom. The van der Waals surface area contributed by atoms with E-state index in [1.807, 2.05) is 39.0 Å². The number of aryl methyl sites for hydroxylation is 1. The lowest BCUT2D eigenvalue weighted by Gasteiger charge is -2.10. The van der Waals surface area contributed by atoms with Crippen molar-refractivity contribution in [3.05, 3.63) is 56.0 Å². The second-order valence-electron chi connectivity index (χ2n) is 5.56. The summed E-state index contributed by atoms with van der Waals surface area (Å²) in [4.78, 5) is 22.9. The molecule has 7 heteroatoms. The Labute approximate surface area is 174 Å². The maximum absolute atomic E-state index is 12.3. The average Bonchev–Trinajstić information content (AvgIpc) is 2.91. The molecule has 0 unspecified atom stereocenters. The zero-order valence-electron chi connectivity index (χ0n) is 15.1. The van der Waals surface area contributed by atoms with E-state index in [4.69, 9.17) is 9.84 Å². The zero-order valence-corrected chi connectivity index (χ0v) is 18.3. The van der Waals surface area contributed by atoms with Crippen molar-refractivity contribution in [2.75, 3.05) is 11.9 Å². The van der Waals surface area contributed by atoms with Crippen LogP contribution < -0.4 is 10.1 Å². The molecule has 0 aromatic heterocycles. The number of aliphatic carboxylic acids is 1. The Bertz CT molecular complexity index is 899. The number of carbonyl (C=O) groups is 2. The highest BCUT2D eigenvalue weighted by molar-refractivity contribution is 9.11. The highest BCUT2D eigenvalue weighted by Crippen LogP contribution is 2.38. The molecule has 0 atom stereocenters. The van der Waals surface area contributed by atoms with Gasteiger partial charge in [-0.1, -0.05) is 25.5 Å². The van der Waals surface area contributed by atoms with Crippen molar-refractivity contribution in [1.29, 1.82) is 0 Å². The highest BCUT2D eigenvalue weighted by atomic mass is 79.9. The van der Waals surface area contributed by atoms with E-state index in [0.717, 1.165) is 22.4 Å². The van der Waals surface area contributed by atoms with Crippen molar-refractivity contribution in [2.45, 2.75) is 20.8 Å². The molecule has 0 fully saturated rings. The molecule has 5 nitrogen and oxygen atoms in total. The number of hydrogen-bond acceptors (Lipinski definition) is 3. The van der Waals surface area contributed by atoms with Gasteiger partial charge < -0.3 is 15.2 Å². The lowest BCUT2D eigenvalue weighted by molar-refractivity contribution is -0.139. The summed E-state index contributed by atoms with van der Waals surface area (Å²) in [5, 5.41) is 11.6. The quantitative estimate of drug-likeness (QED) is 0.548. The molecule has 2 N–H and O–H groups in total. The Balaban J connectivity index is 0.00000126. The fraction of sp³-hybridized carbons (Fsp3) is 0.200. The topological polar surface area (TPSA) is 75.6 Å². The predicted molar refractivity (Wildman–Crippen MR) is 114 cm³/mol. The first kappa shape index (κ1) is 21.2. The van der Waals surface area contributed by atoms with Crippen molar-refractivity contribution in [1.82, 2.24) is 0 Å². The monoisotopic (exact) mass is 495 g/mol. The first-order valence-electron chi connectivity index (χ1n) is 8.33. The van der Waals surface area contributed by atoms with Crippen molar-refractivity contribution >= 4 is 61.1 Å². The molecule has 1 aliphatic heterocycles. The van der Waals surface area contributed by atoms with E-state index < -0.39 is 12.6 Å². The number of fused-ring (bicyclic) bond motifs is 1. The van der Waals surface area contributed by atoms with Crippen LogP contribution in [0, 0.1) is 6.92 Å². The summed E-state index contributed by atoms with van der Waals surface area (Å²) in [6, 6.07) is 9.35. The van der Waals surface area contributed by atoms with Gasteiger partial charge in [-0.05, 0) is 74.7 Å². The largest absolute Gasteiger partial charge is 0.480 e. The van der Waals surface area contributed by atoms with Crippen LogP contribution in [0.5, 0.6) is 5.75 Å².